The summed E-state index contributed by atoms with van der Waals surface area (Å²) in [6.07, 6.45) is 1.41. The van der Waals surface area contributed by atoms with Crippen LogP contribution in [0.3, 0.4) is 0 Å². The number of hydrogen-bond donors (Lipinski definition) is 0. The molecule has 2 aromatic rings. The molecule has 0 spiro atoms. The lowest BCUT2D eigenvalue weighted by Crippen LogP contribution is -2.35. The van der Waals surface area contributed by atoms with Gasteiger partial charge in [-0.05, 0) is 30.1 Å². The van der Waals surface area contributed by atoms with Crippen LogP contribution in [0.4, 0.5) is 26.1 Å². The van der Waals surface area contributed by atoms with E-state index in [1.165, 1.54) is 6.07 Å². The first-order valence-corrected chi connectivity index (χ1v) is 10.2. The number of piperidine rings is 1. The number of hydrogen-bond acceptors (Lipinski definition) is 9. The Bertz CT molecular complexity index is 1010. The molecule has 2 heterocycles. The summed E-state index contributed by atoms with van der Waals surface area (Å²) >= 11 is 0. The van der Waals surface area contributed by atoms with Crippen molar-refractivity contribution in [1.29, 1.82) is 0 Å². The van der Waals surface area contributed by atoms with Gasteiger partial charge in [0.05, 0.1) is 15.7 Å². The van der Waals surface area contributed by atoms with Crippen molar-refractivity contribution >= 4 is 27.2 Å². The Labute approximate surface area is 165 Å². The number of benzene rings is 1. The predicted octanol–water partition coefficient (Wildman–Crippen LogP) is 2.42. The monoisotopic (exact) mass is 431 g/mol. The van der Waals surface area contributed by atoms with Crippen LogP contribution in [-0.2, 0) is 9.84 Å². The van der Waals surface area contributed by atoms with Crippen LogP contribution in [0.2, 0.25) is 0 Å². The fraction of sp³-hybridized carbons (Fsp3) is 0.500. The highest BCUT2D eigenvalue weighted by atomic mass is 32.2. The van der Waals surface area contributed by atoms with E-state index in [-0.39, 0.29) is 11.6 Å². The van der Waals surface area contributed by atoms with Crippen molar-refractivity contribution in [1.82, 2.24) is 10.1 Å². The van der Waals surface area contributed by atoms with Crippen molar-refractivity contribution in [2.24, 2.45) is 0 Å². The number of alkyl halides is 2. The summed E-state index contributed by atoms with van der Waals surface area (Å²) in [6.45, 7) is 0.809. The molecule has 1 aromatic heterocycles. The van der Waals surface area contributed by atoms with E-state index in [4.69, 9.17) is 4.52 Å². The van der Waals surface area contributed by atoms with Gasteiger partial charge in [0.2, 0.25) is 15.7 Å². The number of aromatic nitrogens is 2. The van der Waals surface area contributed by atoms with Crippen molar-refractivity contribution in [3.8, 4) is 0 Å². The summed E-state index contributed by atoms with van der Waals surface area (Å²) in [5, 5.41) is 15.4. The highest BCUT2D eigenvalue weighted by Crippen LogP contribution is 2.36. The fourth-order valence-electron chi connectivity index (χ4n) is 3.17. The molecule has 13 heteroatoms. The number of halogens is 2. The lowest BCUT2D eigenvalue weighted by Gasteiger charge is -2.32. The molecule has 0 radical (unpaired) electrons. The SMILES string of the molecule is CN(C)c1noc(C2CCCN(c3ccc(S(=O)(=O)C(F)F)cc3[N+](=O)[O-])C2)n1. The second-order valence-corrected chi connectivity index (χ2v) is 8.74. The van der Waals surface area contributed by atoms with Gasteiger partial charge in [-0.1, -0.05) is 0 Å². The molecule has 158 valence electrons. The molecule has 3 rings (SSSR count). The van der Waals surface area contributed by atoms with Crippen LogP contribution in [0.25, 0.3) is 0 Å². The third-order valence-corrected chi connectivity index (χ3v) is 6.03. The number of nitro benzene ring substituents is 1. The molecular weight excluding hydrogens is 412 g/mol. The van der Waals surface area contributed by atoms with Crippen LogP contribution in [0.15, 0.2) is 27.6 Å². The Balaban J connectivity index is 1.91. The van der Waals surface area contributed by atoms with Crippen LogP contribution in [0.5, 0.6) is 0 Å². The van der Waals surface area contributed by atoms with Gasteiger partial charge >= 0.3 is 5.76 Å². The molecule has 1 aliphatic heterocycles. The van der Waals surface area contributed by atoms with E-state index in [9.17, 15) is 27.3 Å². The van der Waals surface area contributed by atoms with E-state index >= 15 is 0 Å². The number of rotatable bonds is 6. The molecular formula is C16H19F2N5O5S. The van der Waals surface area contributed by atoms with E-state index in [1.807, 2.05) is 0 Å². The van der Waals surface area contributed by atoms with E-state index in [0.29, 0.717) is 37.4 Å². The molecule has 1 unspecified atom stereocenters. The van der Waals surface area contributed by atoms with Gasteiger partial charge in [-0.2, -0.15) is 13.8 Å². The maximum atomic E-state index is 12.8. The van der Waals surface area contributed by atoms with Crippen molar-refractivity contribution in [3.63, 3.8) is 0 Å². The van der Waals surface area contributed by atoms with E-state index in [2.05, 4.69) is 10.1 Å². The average molecular weight is 431 g/mol. The zero-order chi connectivity index (χ0) is 21.3. The lowest BCUT2D eigenvalue weighted by molar-refractivity contribution is -0.384. The first-order chi connectivity index (χ1) is 13.6. The third-order valence-electron chi connectivity index (χ3n) is 4.65. The Hall–Kier alpha value is -2.83. The zero-order valence-electron chi connectivity index (χ0n) is 15.7. The second kappa shape index (κ2) is 7.89. The van der Waals surface area contributed by atoms with E-state index in [1.54, 1.807) is 23.9 Å². The second-order valence-electron chi connectivity index (χ2n) is 6.83. The Morgan fingerprint density at radius 3 is 2.69 bits per heavy atom. The van der Waals surface area contributed by atoms with Crippen molar-refractivity contribution in [2.75, 3.05) is 37.0 Å². The molecule has 0 bridgehead atoms. The summed E-state index contributed by atoms with van der Waals surface area (Å²) in [5.41, 5.74) is -0.396. The van der Waals surface area contributed by atoms with Crippen LogP contribution < -0.4 is 9.80 Å². The maximum absolute atomic E-state index is 12.8. The Kier molecular flexibility index (Phi) is 5.68. The standard InChI is InChI=1S/C16H19F2N5O5S/c1-21(2)16-19-14(28-20-16)10-4-3-7-22(9-10)12-6-5-11(8-13(12)23(24)25)29(26,27)15(17)18/h5-6,8,10,15H,3-4,7,9H2,1-2H3. The van der Waals surface area contributed by atoms with Gasteiger partial charge < -0.3 is 14.3 Å². The van der Waals surface area contributed by atoms with E-state index < -0.39 is 31.1 Å². The molecule has 10 nitrogen and oxygen atoms in total. The van der Waals surface area contributed by atoms with Gasteiger partial charge in [0.1, 0.15) is 5.69 Å². The molecule has 29 heavy (non-hydrogen) atoms. The molecule has 1 aromatic carbocycles. The maximum Gasteiger partial charge on any atom is 0.341 e. The zero-order valence-corrected chi connectivity index (χ0v) is 16.5. The lowest BCUT2D eigenvalue weighted by atomic mass is 9.97. The van der Waals surface area contributed by atoms with Gasteiger partial charge in [-0.15, -0.1) is 0 Å². The summed E-state index contributed by atoms with van der Waals surface area (Å²) in [5.74, 6) is -3.02. The first-order valence-electron chi connectivity index (χ1n) is 8.67. The van der Waals surface area contributed by atoms with Crippen molar-refractivity contribution in [3.05, 3.63) is 34.2 Å². The van der Waals surface area contributed by atoms with Crippen LogP contribution >= 0.6 is 0 Å². The average Bonchev–Trinajstić information content (AvgIpc) is 3.18. The van der Waals surface area contributed by atoms with Gasteiger partial charge in [-0.25, -0.2) is 8.42 Å². The third kappa shape index (κ3) is 4.13. The van der Waals surface area contributed by atoms with Gasteiger partial charge in [0, 0.05) is 33.3 Å². The topological polar surface area (TPSA) is 123 Å². The molecule has 1 aliphatic rings. The number of nitro groups is 1. The van der Waals surface area contributed by atoms with Gasteiger partial charge in [0.15, 0.2) is 0 Å². The molecule has 1 atom stereocenters. The van der Waals surface area contributed by atoms with Gasteiger partial charge in [0.25, 0.3) is 11.6 Å². The largest absolute Gasteiger partial charge is 0.365 e. The van der Waals surface area contributed by atoms with Gasteiger partial charge in [-0.3, -0.25) is 10.1 Å². The minimum atomic E-state index is -4.93. The minimum absolute atomic E-state index is 0.153. The Morgan fingerprint density at radius 2 is 2.10 bits per heavy atom. The van der Waals surface area contributed by atoms with Crippen molar-refractivity contribution < 1.29 is 26.6 Å². The normalized spacial score (nSPS) is 17.6. The quantitative estimate of drug-likeness (QED) is 0.501. The summed E-state index contributed by atoms with van der Waals surface area (Å²) < 4.78 is 54.2. The molecule has 0 amide bonds. The van der Waals surface area contributed by atoms with Crippen LogP contribution in [0, 0.1) is 10.1 Å². The van der Waals surface area contributed by atoms with Crippen molar-refractivity contribution in [2.45, 2.75) is 29.4 Å². The van der Waals surface area contributed by atoms with Crippen LogP contribution in [-0.4, -0.2) is 56.4 Å². The highest BCUT2D eigenvalue weighted by molar-refractivity contribution is 7.91. The number of sulfone groups is 1. The summed E-state index contributed by atoms with van der Waals surface area (Å²) in [6, 6.07) is 2.83. The summed E-state index contributed by atoms with van der Waals surface area (Å²) in [4.78, 5) is 17.6. The molecule has 0 aliphatic carbocycles. The highest BCUT2D eigenvalue weighted by Gasteiger charge is 2.33. The minimum Gasteiger partial charge on any atom is -0.365 e. The summed E-state index contributed by atoms with van der Waals surface area (Å²) in [7, 11) is -1.41. The molecule has 1 fully saturated rings. The number of anilines is 2. The molecule has 1 saturated heterocycles. The Morgan fingerprint density at radius 1 is 1.38 bits per heavy atom. The predicted molar refractivity (Wildman–Crippen MR) is 99.1 cm³/mol. The fourth-order valence-corrected chi connectivity index (χ4v) is 3.91. The van der Waals surface area contributed by atoms with E-state index in [0.717, 1.165) is 12.5 Å². The molecule has 0 saturated carbocycles. The first kappa shape index (κ1) is 20.9. The smallest absolute Gasteiger partial charge is 0.341 e. The molecule has 0 N–H and O–H groups in total. The van der Waals surface area contributed by atoms with Crippen LogP contribution in [0.1, 0.15) is 24.7 Å². The number of nitrogens with zero attached hydrogens (tertiary/aromatic N) is 5.